The molecule has 7 nitrogen and oxygen atoms in total. The predicted molar refractivity (Wildman–Crippen MR) is 82.5 cm³/mol. The minimum Gasteiger partial charge on any atom is -0.478 e. The summed E-state index contributed by atoms with van der Waals surface area (Å²) in [6.07, 6.45) is 0.934. The summed E-state index contributed by atoms with van der Waals surface area (Å²) in [5, 5.41) is 20.3. The van der Waals surface area contributed by atoms with E-state index in [9.17, 15) is 19.7 Å². The molecule has 1 saturated heterocycles. The molecule has 118 valence electrons. The van der Waals surface area contributed by atoms with Crippen LogP contribution in [-0.2, 0) is 0 Å². The fourth-order valence-electron chi connectivity index (χ4n) is 2.30. The molecule has 0 saturated carbocycles. The normalized spacial score (nSPS) is 18.0. The Labute approximate surface area is 131 Å². The Morgan fingerprint density at radius 3 is 2.68 bits per heavy atom. The van der Waals surface area contributed by atoms with Gasteiger partial charge in [-0.15, -0.1) is 0 Å². The van der Waals surface area contributed by atoms with Gasteiger partial charge in [0.15, 0.2) is 0 Å². The Kier molecular flexibility index (Phi) is 5.02. The van der Waals surface area contributed by atoms with Crippen LogP contribution < -0.4 is 0 Å². The molecule has 8 heteroatoms. The van der Waals surface area contributed by atoms with Crippen LogP contribution in [-0.4, -0.2) is 50.9 Å². The van der Waals surface area contributed by atoms with Gasteiger partial charge < -0.3 is 10.0 Å². The quantitative estimate of drug-likeness (QED) is 0.673. The lowest BCUT2D eigenvalue weighted by molar-refractivity contribution is -0.384. The first kappa shape index (κ1) is 16.3. The molecule has 1 aromatic rings. The van der Waals surface area contributed by atoms with Crippen molar-refractivity contribution in [3.63, 3.8) is 0 Å². The number of nitro groups is 1. The van der Waals surface area contributed by atoms with Crippen LogP contribution in [0.25, 0.3) is 0 Å². The largest absolute Gasteiger partial charge is 0.478 e. The highest BCUT2D eigenvalue weighted by atomic mass is 32.2. The number of thioether (sulfide) groups is 1. The van der Waals surface area contributed by atoms with Crippen molar-refractivity contribution < 1.29 is 19.6 Å². The summed E-state index contributed by atoms with van der Waals surface area (Å²) in [7, 11) is 0. The van der Waals surface area contributed by atoms with Crippen LogP contribution in [0.15, 0.2) is 18.2 Å². The van der Waals surface area contributed by atoms with E-state index in [1.54, 1.807) is 16.7 Å². The number of nitro benzene ring substituents is 1. The monoisotopic (exact) mass is 324 g/mol. The third kappa shape index (κ3) is 3.56. The van der Waals surface area contributed by atoms with Crippen LogP contribution in [0.2, 0.25) is 0 Å². The van der Waals surface area contributed by atoms with Crippen molar-refractivity contribution in [2.75, 3.05) is 18.8 Å². The van der Waals surface area contributed by atoms with E-state index in [1.165, 1.54) is 6.07 Å². The van der Waals surface area contributed by atoms with Crippen molar-refractivity contribution >= 4 is 29.3 Å². The Balaban J connectivity index is 2.32. The van der Waals surface area contributed by atoms with E-state index in [1.807, 2.05) is 6.92 Å². The summed E-state index contributed by atoms with van der Waals surface area (Å²) in [6, 6.07) is 3.29. The second-order valence-corrected chi connectivity index (χ2v) is 6.39. The van der Waals surface area contributed by atoms with Crippen molar-refractivity contribution in [3.05, 3.63) is 39.4 Å². The first-order chi connectivity index (χ1) is 10.4. The number of carbonyl (C=O) groups is 2. The Morgan fingerprint density at radius 2 is 2.09 bits per heavy atom. The minimum absolute atomic E-state index is 0.0494. The fourth-order valence-corrected chi connectivity index (χ4v) is 3.48. The summed E-state index contributed by atoms with van der Waals surface area (Å²) in [4.78, 5) is 35.4. The summed E-state index contributed by atoms with van der Waals surface area (Å²) in [5.41, 5.74) is -0.592. The fraction of sp³-hybridized carbons (Fsp3) is 0.429. The van der Waals surface area contributed by atoms with Crippen LogP contribution >= 0.6 is 11.8 Å². The molecule has 1 amide bonds. The highest BCUT2D eigenvalue weighted by molar-refractivity contribution is 8.00. The molecule has 0 spiro atoms. The van der Waals surface area contributed by atoms with Crippen molar-refractivity contribution in [1.29, 1.82) is 0 Å². The maximum Gasteiger partial charge on any atom is 0.335 e. The number of amides is 1. The van der Waals surface area contributed by atoms with E-state index in [0.29, 0.717) is 18.3 Å². The third-order valence-electron chi connectivity index (χ3n) is 3.50. The maximum absolute atomic E-state index is 12.5. The van der Waals surface area contributed by atoms with E-state index in [0.717, 1.165) is 24.3 Å². The number of hydrogen-bond acceptors (Lipinski definition) is 5. The predicted octanol–water partition coefficient (Wildman–Crippen LogP) is 2.26. The van der Waals surface area contributed by atoms with Gasteiger partial charge in [-0.1, -0.05) is 6.92 Å². The highest BCUT2D eigenvalue weighted by Gasteiger charge is 2.26. The van der Waals surface area contributed by atoms with Gasteiger partial charge in [-0.2, -0.15) is 11.8 Å². The van der Waals surface area contributed by atoms with Crippen molar-refractivity contribution in [2.24, 2.45) is 0 Å². The smallest absolute Gasteiger partial charge is 0.335 e. The molecule has 1 atom stereocenters. The Morgan fingerprint density at radius 1 is 1.41 bits per heavy atom. The molecule has 2 rings (SSSR count). The van der Waals surface area contributed by atoms with Gasteiger partial charge in [0.2, 0.25) is 0 Å². The van der Waals surface area contributed by atoms with Gasteiger partial charge >= 0.3 is 5.97 Å². The molecule has 1 aliphatic rings. The van der Waals surface area contributed by atoms with Crippen LogP contribution in [0.3, 0.4) is 0 Å². The van der Waals surface area contributed by atoms with Gasteiger partial charge in [0, 0.05) is 41.8 Å². The number of carboxylic acid groups (broad SMARTS) is 1. The maximum atomic E-state index is 12.5. The lowest BCUT2D eigenvalue weighted by Crippen LogP contribution is -2.41. The molecule has 1 unspecified atom stereocenters. The molecule has 1 heterocycles. The molecule has 0 radical (unpaired) electrons. The SMILES string of the molecule is CCC1CN(C(=O)c2cc(C(=O)O)cc([N+](=O)[O-])c2)CCS1. The zero-order chi connectivity index (χ0) is 16.3. The second kappa shape index (κ2) is 6.78. The molecule has 0 aliphatic carbocycles. The average molecular weight is 324 g/mol. The lowest BCUT2D eigenvalue weighted by Gasteiger charge is -2.32. The molecule has 22 heavy (non-hydrogen) atoms. The van der Waals surface area contributed by atoms with Gasteiger partial charge in [0.25, 0.3) is 11.6 Å². The van der Waals surface area contributed by atoms with Crippen molar-refractivity contribution in [3.8, 4) is 0 Å². The lowest BCUT2D eigenvalue weighted by atomic mass is 10.1. The van der Waals surface area contributed by atoms with Gasteiger partial charge in [-0.25, -0.2) is 4.79 Å². The summed E-state index contributed by atoms with van der Waals surface area (Å²) >= 11 is 1.80. The highest BCUT2D eigenvalue weighted by Crippen LogP contribution is 2.24. The van der Waals surface area contributed by atoms with E-state index < -0.39 is 10.9 Å². The number of aromatic carboxylic acids is 1. The van der Waals surface area contributed by atoms with Crippen LogP contribution in [0.1, 0.15) is 34.1 Å². The number of non-ortho nitro benzene ring substituents is 1. The molecule has 1 aliphatic heterocycles. The summed E-state index contributed by atoms with van der Waals surface area (Å²) < 4.78 is 0. The van der Waals surface area contributed by atoms with Crippen LogP contribution in [0, 0.1) is 10.1 Å². The zero-order valence-corrected chi connectivity index (χ0v) is 12.8. The number of benzene rings is 1. The minimum atomic E-state index is -1.29. The standard InChI is InChI=1S/C14H16N2O5S/c1-2-12-8-15(3-4-22-12)13(17)9-5-10(14(18)19)7-11(6-9)16(20)21/h5-7,12H,2-4,8H2,1H3,(H,18,19). The number of nitrogens with zero attached hydrogens (tertiary/aromatic N) is 2. The van der Waals surface area contributed by atoms with Gasteiger partial charge in [0.1, 0.15) is 0 Å². The number of hydrogen-bond donors (Lipinski definition) is 1. The molecular formula is C14H16N2O5S. The molecule has 1 N–H and O–H groups in total. The molecule has 0 aromatic heterocycles. The first-order valence-electron chi connectivity index (χ1n) is 6.86. The first-order valence-corrected chi connectivity index (χ1v) is 7.91. The van der Waals surface area contributed by atoms with Crippen LogP contribution in [0.4, 0.5) is 5.69 Å². The molecule has 1 aromatic carbocycles. The number of carbonyl (C=O) groups excluding carboxylic acids is 1. The van der Waals surface area contributed by atoms with Gasteiger partial charge in [0.05, 0.1) is 10.5 Å². The molecule has 1 fully saturated rings. The zero-order valence-electron chi connectivity index (χ0n) is 12.0. The van der Waals surface area contributed by atoms with Gasteiger partial charge in [-0.3, -0.25) is 14.9 Å². The van der Waals surface area contributed by atoms with Crippen molar-refractivity contribution in [2.45, 2.75) is 18.6 Å². The van der Waals surface area contributed by atoms with E-state index in [4.69, 9.17) is 5.11 Å². The van der Waals surface area contributed by atoms with Crippen LogP contribution in [0.5, 0.6) is 0 Å². The van der Waals surface area contributed by atoms with E-state index >= 15 is 0 Å². The van der Waals surface area contributed by atoms with E-state index in [2.05, 4.69) is 0 Å². The average Bonchev–Trinajstić information content (AvgIpc) is 2.53. The third-order valence-corrected chi connectivity index (χ3v) is 4.88. The van der Waals surface area contributed by atoms with E-state index in [-0.39, 0.29) is 22.7 Å². The summed E-state index contributed by atoms with van der Waals surface area (Å²) in [5.74, 6) is -0.839. The molecular weight excluding hydrogens is 308 g/mol. The second-order valence-electron chi connectivity index (χ2n) is 4.98. The Hall–Kier alpha value is -2.09. The van der Waals surface area contributed by atoms with Gasteiger partial charge in [-0.05, 0) is 12.5 Å². The molecule has 0 bridgehead atoms. The topological polar surface area (TPSA) is 101 Å². The Bertz CT molecular complexity index is 587. The summed E-state index contributed by atoms with van der Waals surface area (Å²) in [6.45, 7) is 3.18. The number of rotatable bonds is 4. The van der Waals surface area contributed by atoms with Crippen molar-refractivity contribution in [1.82, 2.24) is 4.90 Å². The number of carboxylic acids is 1.